The molecule has 0 unspecified atom stereocenters. The molecule has 0 bridgehead atoms. The molecule has 0 saturated heterocycles. The maximum Gasteiger partial charge on any atom is 0.255 e. The van der Waals surface area contributed by atoms with Crippen LogP contribution in [-0.4, -0.2) is 30.6 Å². The van der Waals surface area contributed by atoms with Gasteiger partial charge in [-0.25, -0.2) is 0 Å². The summed E-state index contributed by atoms with van der Waals surface area (Å²) in [6, 6.07) is 7.74. The summed E-state index contributed by atoms with van der Waals surface area (Å²) in [4.78, 5) is 23.5. The van der Waals surface area contributed by atoms with E-state index in [-0.39, 0.29) is 30.3 Å². The van der Waals surface area contributed by atoms with Crippen molar-refractivity contribution in [2.45, 2.75) is 6.54 Å². The van der Waals surface area contributed by atoms with E-state index in [4.69, 9.17) is 9.15 Å². The van der Waals surface area contributed by atoms with Gasteiger partial charge in [0, 0.05) is 6.07 Å². The molecule has 7 nitrogen and oxygen atoms in total. The van der Waals surface area contributed by atoms with Crippen LogP contribution in [0.25, 0.3) is 0 Å². The van der Waals surface area contributed by atoms with Gasteiger partial charge in [0.05, 0.1) is 32.0 Å². The molecule has 2 aromatic rings. The number of carbonyl (C=O) groups is 2. The number of carbonyl (C=O) groups excluding carboxylic acids is 2. The molecule has 3 N–H and O–H groups in total. The zero-order chi connectivity index (χ0) is 15.9. The van der Waals surface area contributed by atoms with Gasteiger partial charge in [0.1, 0.15) is 17.3 Å². The minimum atomic E-state index is -0.548. The fourth-order valence-corrected chi connectivity index (χ4v) is 1.75. The number of rotatable bonds is 6. The Labute approximate surface area is 126 Å². The smallest absolute Gasteiger partial charge is 0.255 e. The Hall–Kier alpha value is -2.96. The predicted octanol–water partition coefficient (Wildman–Crippen LogP) is 1.04. The van der Waals surface area contributed by atoms with E-state index in [9.17, 15) is 14.7 Å². The molecular formula is C15H16N2O5. The number of nitrogens with one attached hydrogen (secondary N) is 2. The van der Waals surface area contributed by atoms with Gasteiger partial charge in [0.15, 0.2) is 0 Å². The molecule has 2 amide bonds. The van der Waals surface area contributed by atoms with Gasteiger partial charge in [-0.2, -0.15) is 0 Å². The average Bonchev–Trinajstić information content (AvgIpc) is 3.03. The van der Waals surface area contributed by atoms with Gasteiger partial charge in [-0.3, -0.25) is 9.59 Å². The van der Waals surface area contributed by atoms with Gasteiger partial charge in [-0.15, -0.1) is 0 Å². The second kappa shape index (κ2) is 7.16. The van der Waals surface area contributed by atoms with Crippen LogP contribution in [0.1, 0.15) is 16.1 Å². The number of hydrogen-bond donors (Lipinski definition) is 3. The minimum absolute atomic E-state index is 0.0691. The molecule has 22 heavy (non-hydrogen) atoms. The molecule has 0 aliphatic heterocycles. The Morgan fingerprint density at radius 2 is 2.09 bits per heavy atom. The number of methoxy groups -OCH3 is 1. The van der Waals surface area contributed by atoms with E-state index in [1.807, 2.05) is 0 Å². The SMILES string of the molecule is COc1ccc(C(=O)NCC(=O)NCc2ccco2)c(O)c1. The van der Waals surface area contributed by atoms with E-state index in [1.54, 1.807) is 18.2 Å². The quantitative estimate of drug-likeness (QED) is 0.740. The molecule has 0 saturated carbocycles. The van der Waals surface area contributed by atoms with Gasteiger partial charge >= 0.3 is 0 Å². The number of benzene rings is 1. The summed E-state index contributed by atoms with van der Waals surface area (Å²) < 4.78 is 10.00. The summed E-state index contributed by atoms with van der Waals surface area (Å²) in [7, 11) is 1.46. The van der Waals surface area contributed by atoms with Crippen molar-refractivity contribution in [3.8, 4) is 11.5 Å². The van der Waals surface area contributed by atoms with Gasteiger partial charge < -0.3 is 24.9 Å². The van der Waals surface area contributed by atoms with Gasteiger partial charge in [-0.1, -0.05) is 0 Å². The summed E-state index contributed by atoms with van der Waals surface area (Å²) in [5.41, 5.74) is 0.0691. The van der Waals surface area contributed by atoms with Crippen molar-refractivity contribution in [3.05, 3.63) is 47.9 Å². The largest absolute Gasteiger partial charge is 0.507 e. The summed E-state index contributed by atoms with van der Waals surface area (Å²) >= 11 is 0. The summed E-state index contributed by atoms with van der Waals surface area (Å²) in [5.74, 6) is -0.0726. The van der Waals surface area contributed by atoms with Crippen LogP contribution in [0.2, 0.25) is 0 Å². The molecule has 0 atom stereocenters. The molecule has 7 heteroatoms. The van der Waals surface area contributed by atoms with Crippen molar-refractivity contribution in [1.29, 1.82) is 0 Å². The van der Waals surface area contributed by atoms with Crippen LogP contribution in [0.4, 0.5) is 0 Å². The fourth-order valence-electron chi connectivity index (χ4n) is 1.75. The van der Waals surface area contributed by atoms with Crippen molar-refractivity contribution >= 4 is 11.8 Å². The molecule has 1 heterocycles. The van der Waals surface area contributed by atoms with Gasteiger partial charge in [0.2, 0.25) is 5.91 Å². The zero-order valence-corrected chi connectivity index (χ0v) is 12.0. The average molecular weight is 304 g/mol. The topological polar surface area (TPSA) is 101 Å². The number of phenolic OH excluding ortho intramolecular Hbond substituents is 1. The Morgan fingerprint density at radius 3 is 2.73 bits per heavy atom. The highest BCUT2D eigenvalue weighted by Crippen LogP contribution is 2.23. The van der Waals surface area contributed by atoms with E-state index in [1.165, 1.54) is 25.5 Å². The van der Waals surface area contributed by atoms with Crippen molar-refractivity contribution in [3.63, 3.8) is 0 Å². The molecule has 0 fully saturated rings. The fraction of sp³-hybridized carbons (Fsp3) is 0.200. The third kappa shape index (κ3) is 4.02. The Kier molecular flexibility index (Phi) is 5.02. The minimum Gasteiger partial charge on any atom is -0.507 e. The van der Waals surface area contributed by atoms with Crippen LogP contribution in [0.5, 0.6) is 11.5 Å². The lowest BCUT2D eigenvalue weighted by atomic mass is 10.2. The lowest BCUT2D eigenvalue weighted by Gasteiger charge is -2.08. The molecule has 0 aliphatic rings. The first kappa shape index (κ1) is 15.4. The molecule has 0 spiro atoms. The molecule has 1 aromatic carbocycles. The van der Waals surface area contributed by atoms with E-state index in [2.05, 4.69) is 10.6 Å². The number of hydrogen-bond acceptors (Lipinski definition) is 5. The van der Waals surface area contributed by atoms with E-state index < -0.39 is 5.91 Å². The Morgan fingerprint density at radius 1 is 1.27 bits per heavy atom. The van der Waals surface area contributed by atoms with E-state index in [0.29, 0.717) is 11.5 Å². The predicted molar refractivity (Wildman–Crippen MR) is 77.5 cm³/mol. The second-order valence-electron chi connectivity index (χ2n) is 4.42. The second-order valence-corrected chi connectivity index (χ2v) is 4.42. The van der Waals surface area contributed by atoms with Gasteiger partial charge in [0.25, 0.3) is 5.91 Å². The first-order valence-corrected chi connectivity index (χ1v) is 6.54. The Bertz CT molecular complexity index is 652. The van der Waals surface area contributed by atoms with Crippen molar-refractivity contribution < 1.29 is 23.8 Å². The standard InChI is InChI=1S/C15H16N2O5/c1-21-10-4-5-12(13(18)7-10)15(20)17-9-14(19)16-8-11-3-2-6-22-11/h2-7,18H,8-9H2,1H3,(H,16,19)(H,17,20). The van der Waals surface area contributed by atoms with Crippen LogP contribution < -0.4 is 15.4 Å². The van der Waals surface area contributed by atoms with Crippen molar-refractivity contribution in [2.75, 3.05) is 13.7 Å². The number of phenols is 1. The number of ether oxygens (including phenoxy) is 1. The summed E-state index contributed by atoms with van der Waals surface area (Å²) in [6.07, 6.45) is 1.51. The van der Waals surface area contributed by atoms with Crippen LogP contribution >= 0.6 is 0 Å². The number of aromatic hydroxyl groups is 1. The maximum atomic E-state index is 11.9. The Balaban J connectivity index is 1.83. The lowest BCUT2D eigenvalue weighted by molar-refractivity contribution is -0.120. The lowest BCUT2D eigenvalue weighted by Crippen LogP contribution is -2.36. The third-order valence-corrected chi connectivity index (χ3v) is 2.90. The maximum absolute atomic E-state index is 11.9. The third-order valence-electron chi connectivity index (χ3n) is 2.90. The van der Waals surface area contributed by atoms with Crippen molar-refractivity contribution in [1.82, 2.24) is 10.6 Å². The molecule has 1 aromatic heterocycles. The highest BCUT2D eigenvalue weighted by molar-refractivity contribution is 5.98. The van der Waals surface area contributed by atoms with Crippen LogP contribution in [0.15, 0.2) is 41.0 Å². The highest BCUT2D eigenvalue weighted by atomic mass is 16.5. The monoisotopic (exact) mass is 304 g/mol. The highest BCUT2D eigenvalue weighted by Gasteiger charge is 2.13. The van der Waals surface area contributed by atoms with Crippen LogP contribution in [-0.2, 0) is 11.3 Å². The van der Waals surface area contributed by atoms with E-state index in [0.717, 1.165) is 0 Å². The normalized spacial score (nSPS) is 10.0. The molecule has 0 aliphatic carbocycles. The summed E-state index contributed by atoms with van der Waals surface area (Å²) in [5, 5.41) is 14.8. The summed E-state index contributed by atoms with van der Waals surface area (Å²) in [6.45, 7) is 0.0422. The van der Waals surface area contributed by atoms with Crippen molar-refractivity contribution in [2.24, 2.45) is 0 Å². The number of furan rings is 1. The first-order chi connectivity index (χ1) is 10.6. The molecule has 0 radical (unpaired) electrons. The molecular weight excluding hydrogens is 288 g/mol. The van der Waals surface area contributed by atoms with E-state index >= 15 is 0 Å². The van der Waals surface area contributed by atoms with Crippen LogP contribution in [0.3, 0.4) is 0 Å². The zero-order valence-electron chi connectivity index (χ0n) is 12.0. The van der Waals surface area contributed by atoms with Crippen LogP contribution in [0, 0.1) is 0 Å². The number of amides is 2. The van der Waals surface area contributed by atoms with Gasteiger partial charge in [-0.05, 0) is 24.3 Å². The molecule has 2 rings (SSSR count). The molecule has 116 valence electrons. The first-order valence-electron chi connectivity index (χ1n) is 6.54.